The molecular formula is C23H27N3O4. The van der Waals surface area contributed by atoms with Gasteiger partial charge in [-0.25, -0.2) is 0 Å². The number of fused-ring (bicyclic) bond motifs is 1. The zero-order chi connectivity index (χ0) is 21.2. The maximum absolute atomic E-state index is 12.5. The summed E-state index contributed by atoms with van der Waals surface area (Å²) in [4.78, 5) is 14.7. The Morgan fingerprint density at radius 1 is 1.13 bits per heavy atom. The summed E-state index contributed by atoms with van der Waals surface area (Å²) in [6, 6.07) is 14.2. The van der Waals surface area contributed by atoms with Gasteiger partial charge in [0.25, 0.3) is 5.91 Å². The summed E-state index contributed by atoms with van der Waals surface area (Å²) < 4.78 is 10.4. The molecule has 2 aromatic carbocycles. The van der Waals surface area contributed by atoms with Gasteiger partial charge in [0.05, 0.1) is 38.7 Å². The molecule has 0 aromatic heterocycles. The molecule has 0 saturated carbocycles. The summed E-state index contributed by atoms with van der Waals surface area (Å²) >= 11 is 0. The maximum Gasteiger partial charge on any atom is 0.262 e. The number of ether oxygens (including phenoxy) is 2. The number of carbonyl (C=O) groups excluding carboxylic acids is 1. The van der Waals surface area contributed by atoms with E-state index < -0.39 is 5.91 Å². The van der Waals surface area contributed by atoms with E-state index in [1.54, 1.807) is 6.08 Å². The first-order valence-corrected chi connectivity index (χ1v) is 10.2. The third-order valence-electron chi connectivity index (χ3n) is 4.91. The number of aliphatic hydroxyl groups is 1. The standard InChI is InChI=1S/C23H27N3O4/c24-17-20(23(28)25-8-12-29-14-15-30-13-11-27)16-19-7-6-18-4-1-2-5-21(18)22(19)26-9-3-10-26/h1-2,4-7,16,27H,3,8-15H2,(H,25,28)/b20-16+. The molecule has 0 unspecified atom stereocenters. The Kier molecular flexibility index (Phi) is 8.21. The molecule has 1 heterocycles. The van der Waals surface area contributed by atoms with E-state index >= 15 is 0 Å². The molecule has 0 spiro atoms. The SMILES string of the molecule is N#C/C(=C\c1ccc2ccccc2c1N1CCC1)C(=O)NCCOCCOCCO. The van der Waals surface area contributed by atoms with Gasteiger partial charge in [0.15, 0.2) is 0 Å². The number of carbonyl (C=O) groups is 1. The average Bonchev–Trinajstić information content (AvgIpc) is 2.73. The Hall–Kier alpha value is -2.92. The lowest BCUT2D eigenvalue weighted by Gasteiger charge is -2.35. The zero-order valence-electron chi connectivity index (χ0n) is 17.0. The molecule has 0 bridgehead atoms. The van der Waals surface area contributed by atoms with Crippen molar-refractivity contribution in [3.8, 4) is 6.07 Å². The molecule has 0 radical (unpaired) electrons. The van der Waals surface area contributed by atoms with E-state index in [0.29, 0.717) is 26.4 Å². The highest BCUT2D eigenvalue weighted by Crippen LogP contribution is 2.34. The van der Waals surface area contributed by atoms with E-state index in [0.717, 1.165) is 41.5 Å². The first-order valence-electron chi connectivity index (χ1n) is 10.2. The van der Waals surface area contributed by atoms with Crippen molar-refractivity contribution in [3.05, 3.63) is 47.5 Å². The molecule has 2 aromatic rings. The highest BCUT2D eigenvalue weighted by atomic mass is 16.5. The van der Waals surface area contributed by atoms with Crippen LogP contribution in [-0.4, -0.2) is 63.7 Å². The molecule has 0 atom stereocenters. The number of rotatable bonds is 11. The zero-order valence-corrected chi connectivity index (χ0v) is 17.0. The normalized spacial score (nSPS) is 13.7. The fraction of sp³-hybridized carbons (Fsp3) is 0.391. The maximum atomic E-state index is 12.5. The number of amides is 1. The van der Waals surface area contributed by atoms with Crippen LogP contribution in [0.25, 0.3) is 16.8 Å². The number of nitrogens with zero attached hydrogens (tertiary/aromatic N) is 2. The van der Waals surface area contributed by atoms with E-state index in [-0.39, 0.29) is 18.8 Å². The van der Waals surface area contributed by atoms with Crippen LogP contribution in [0.3, 0.4) is 0 Å². The number of aliphatic hydroxyl groups excluding tert-OH is 1. The van der Waals surface area contributed by atoms with Crippen LogP contribution >= 0.6 is 0 Å². The summed E-state index contributed by atoms with van der Waals surface area (Å²) in [5, 5.41) is 23.1. The highest BCUT2D eigenvalue weighted by Gasteiger charge is 2.20. The molecule has 7 heteroatoms. The van der Waals surface area contributed by atoms with Gasteiger partial charge in [0.1, 0.15) is 11.6 Å². The first kappa shape index (κ1) is 21.8. The summed E-state index contributed by atoms with van der Waals surface area (Å²) in [6.45, 7) is 3.61. The van der Waals surface area contributed by atoms with Crippen LogP contribution in [-0.2, 0) is 14.3 Å². The van der Waals surface area contributed by atoms with Crippen LogP contribution in [0.4, 0.5) is 5.69 Å². The molecule has 1 aliphatic rings. The van der Waals surface area contributed by atoms with Crippen LogP contribution in [0.2, 0.25) is 0 Å². The molecule has 1 saturated heterocycles. The van der Waals surface area contributed by atoms with E-state index in [2.05, 4.69) is 22.3 Å². The van der Waals surface area contributed by atoms with E-state index in [9.17, 15) is 10.1 Å². The Bertz CT molecular complexity index is 932. The van der Waals surface area contributed by atoms with Crippen LogP contribution in [0, 0.1) is 11.3 Å². The van der Waals surface area contributed by atoms with Crippen molar-refractivity contribution in [3.63, 3.8) is 0 Å². The van der Waals surface area contributed by atoms with E-state index in [4.69, 9.17) is 14.6 Å². The fourth-order valence-electron chi connectivity index (χ4n) is 3.30. The second-order valence-electron chi connectivity index (χ2n) is 6.94. The number of nitrogens with one attached hydrogen (secondary N) is 1. The summed E-state index contributed by atoms with van der Waals surface area (Å²) in [6.07, 6.45) is 2.81. The predicted octanol–water partition coefficient (Wildman–Crippen LogP) is 2.10. The minimum Gasteiger partial charge on any atom is -0.394 e. The van der Waals surface area contributed by atoms with Crippen molar-refractivity contribution in [2.75, 3.05) is 57.6 Å². The van der Waals surface area contributed by atoms with Crippen LogP contribution in [0.15, 0.2) is 42.0 Å². The monoisotopic (exact) mass is 409 g/mol. The molecule has 1 aliphatic heterocycles. The van der Waals surface area contributed by atoms with Gasteiger partial charge in [0.2, 0.25) is 0 Å². The lowest BCUT2D eigenvalue weighted by atomic mass is 9.99. The van der Waals surface area contributed by atoms with Crippen molar-refractivity contribution < 1.29 is 19.4 Å². The topological polar surface area (TPSA) is 94.8 Å². The van der Waals surface area contributed by atoms with Gasteiger partial charge < -0.3 is 24.8 Å². The van der Waals surface area contributed by atoms with Gasteiger partial charge in [-0.15, -0.1) is 0 Å². The second kappa shape index (κ2) is 11.3. The molecule has 158 valence electrons. The molecule has 0 aliphatic carbocycles. The van der Waals surface area contributed by atoms with Crippen LogP contribution in [0.1, 0.15) is 12.0 Å². The summed E-state index contributed by atoms with van der Waals surface area (Å²) in [5.74, 6) is -0.416. The number of hydrogen-bond acceptors (Lipinski definition) is 6. The van der Waals surface area contributed by atoms with Crippen LogP contribution in [0.5, 0.6) is 0 Å². The molecule has 1 amide bonds. The van der Waals surface area contributed by atoms with Crippen molar-refractivity contribution >= 4 is 28.4 Å². The van der Waals surface area contributed by atoms with Crippen molar-refractivity contribution in [1.29, 1.82) is 5.26 Å². The molecule has 7 nitrogen and oxygen atoms in total. The molecule has 30 heavy (non-hydrogen) atoms. The first-order chi connectivity index (χ1) is 14.7. The molecule has 3 rings (SSSR count). The molecule has 2 N–H and O–H groups in total. The Balaban J connectivity index is 1.65. The lowest BCUT2D eigenvalue weighted by Crippen LogP contribution is -2.37. The number of nitriles is 1. The smallest absolute Gasteiger partial charge is 0.262 e. The number of benzene rings is 2. The Morgan fingerprint density at radius 3 is 2.60 bits per heavy atom. The second-order valence-corrected chi connectivity index (χ2v) is 6.94. The minimum absolute atomic E-state index is 0.0178. The third kappa shape index (κ3) is 5.57. The molecular weight excluding hydrogens is 382 g/mol. The number of anilines is 1. The summed E-state index contributed by atoms with van der Waals surface area (Å²) in [5.41, 5.74) is 2.02. The van der Waals surface area contributed by atoms with Gasteiger partial charge in [-0.05, 0) is 23.4 Å². The van der Waals surface area contributed by atoms with Gasteiger partial charge >= 0.3 is 0 Å². The minimum atomic E-state index is -0.416. The number of hydrogen-bond donors (Lipinski definition) is 2. The largest absolute Gasteiger partial charge is 0.394 e. The average molecular weight is 409 g/mol. The van der Waals surface area contributed by atoms with Crippen molar-refractivity contribution in [1.82, 2.24) is 5.32 Å². The Morgan fingerprint density at radius 2 is 1.90 bits per heavy atom. The van der Waals surface area contributed by atoms with Gasteiger partial charge in [-0.2, -0.15) is 5.26 Å². The van der Waals surface area contributed by atoms with Crippen LogP contribution < -0.4 is 10.2 Å². The van der Waals surface area contributed by atoms with Crippen molar-refractivity contribution in [2.45, 2.75) is 6.42 Å². The fourth-order valence-corrected chi connectivity index (χ4v) is 3.30. The quantitative estimate of drug-likeness (QED) is 0.335. The lowest BCUT2D eigenvalue weighted by molar-refractivity contribution is -0.117. The molecule has 1 fully saturated rings. The third-order valence-corrected chi connectivity index (χ3v) is 4.91. The van der Waals surface area contributed by atoms with Gasteiger partial charge in [0, 0.05) is 25.0 Å². The predicted molar refractivity (Wildman–Crippen MR) is 116 cm³/mol. The van der Waals surface area contributed by atoms with E-state index in [1.807, 2.05) is 30.3 Å². The highest BCUT2D eigenvalue weighted by molar-refractivity contribution is 6.05. The van der Waals surface area contributed by atoms with E-state index in [1.165, 1.54) is 0 Å². The van der Waals surface area contributed by atoms with Gasteiger partial charge in [-0.1, -0.05) is 36.4 Å². The van der Waals surface area contributed by atoms with Gasteiger partial charge in [-0.3, -0.25) is 4.79 Å². The summed E-state index contributed by atoms with van der Waals surface area (Å²) in [7, 11) is 0. The Labute approximate surface area is 176 Å². The van der Waals surface area contributed by atoms with Crippen molar-refractivity contribution in [2.24, 2.45) is 0 Å².